The number of hydrogen-bond acceptors (Lipinski definition) is 2. The highest BCUT2D eigenvalue weighted by atomic mass is 16.5. The summed E-state index contributed by atoms with van der Waals surface area (Å²) in [5, 5.41) is 0. The molecule has 1 atom stereocenters. The van der Waals surface area contributed by atoms with E-state index in [1.807, 2.05) is 12.1 Å². The molecule has 0 aromatic heterocycles. The Bertz CT molecular complexity index is 604. The Hall–Kier alpha value is -1.80. The lowest BCUT2D eigenvalue weighted by molar-refractivity contribution is 0.416. The molecule has 1 aliphatic rings. The maximum Gasteiger partial charge on any atom is 0.127 e. The van der Waals surface area contributed by atoms with Gasteiger partial charge in [-0.1, -0.05) is 30.3 Å². The minimum atomic E-state index is 0.296. The van der Waals surface area contributed by atoms with Crippen molar-refractivity contribution < 1.29 is 4.74 Å². The number of ether oxygens (including phenoxy) is 1. The lowest BCUT2D eigenvalue weighted by Gasteiger charge is -2.10. The van der Waals surface area contributed by atoms with Crippen LogP contribution in [0.2, 0.25) is 0 Å². The summed E-state index contributed by atoms with van der Waals surface area (Å²) in [5.74, 6) is 1.24. The molecule has 0 saturated heterocycles. The van der Waals surface area contributed by atoms with E-state index in [2.05, 4.69) is 31.2 Å². The summed E-state index contributed by atoms with van der Waals surface area (Å²) >= 11 is 0. The molecule has 2 nitrogen and oxygen atoms in total. The van der Waals surface area contributed by atoms with Crippen LogP contribution in [0.15, 0.2) is 36.4 Å². The van der Waals surface area contributed by atoms with Crippen molar-refractivity contribution in [2.24, 2.45) is 5.73 Å². The van der Waals surface area contributed by atoms with Crippen molar-refractivity contribution in [2.45, 2.75) is 12.8 Å². The van der Waals surface area contributed by atoms with Gasteiger partial charge in [-0.25, -0.2) is 0 Å². The van der Waals surface area contributed by atoms with Crippen molar-refractivity contribution in [1.29, 1.82) is 0 Å². The largest absolute Gasteiger partial charge is 0.496 e. The third kappa shape index (κ3) is 1.39. The van der Waals surface area contributed by atoms with Crippen LogP contribution in [0.25, 0.3) is 11.1 Å². The van der Waals surface area contributed by atoms with Crippen LogP contribution in [0.1, 0.15) is 22.6 Å². The summed E-state index contributed by atoms with van der Waals surface area (Å²) in [7, 11) is 1.73. The molecule has 1 aliphatic carbocycles. The second-order valence-corrected chi connectivity index (χ2v) is 4.75. The molecule has 0 heterocycles. The first-order chi connectivity index (χ1) is 8.77. The summed E-state index contributed by atoms with van der Waals surface area (Å²) in [6.07, 6.45) is 0. The Morgan fingerprint density at radius 3 is 2.39 bits per heavy atom. The van der Waals surface area contributed by atoms with Crippen molar-refractivity contribution in [1.82, 2.24) is 0 Å². The third-order valence-corrected chi connectivity index (χ3v) is 3.82. The zero-order valence-corrected chi connectivity index (χ0v) is 10.7. The molecule has 2 heteroatoms. The van der Waals surface area contributed by atoms with Gasteiger partial charge >= 0.3 is 0 Å². The predicted octanol–water partition coefficient (Wildman–Crippen LogP) is 3.07. The number of aryl methyl sites for hydroxylation is 1. The standard InChI is InChI=1S/C16H17NO/c1-10-5-3-6-11-13(9-17)12-7-4-8-14(18-2)16(12)15(10)11/h3-8,13H,9,17H2,1-2H3. The van der Waals surface area contributed by atoms with E-state index < -0.39 is 0 Å². The van der Waals surface area contributed by atoms with Gasteiger partial charge in [-0.2, -0.15) is 0 Å². The fraction of sp³-hybridized carbons (Fsp3) is 0.250. The van der Waals surface area contributed by atoms with Crippen LogP contribution in [0.4, 0.5) is 0 Å². The minimum absolute atomic E-state index is 0.296. The molecule has 18 heavy (non-hydrogen) atoms. The summed E-state index contributed by atoms with van der Waals surface area (Å²) in [6, 6.07) is 12.7. The molecule has 0 bridgehead atoms. The van der Waals surface area contributed by atoms with Gasteiger partial charge in [0.2, 0.25) is 0 Å². The lowest BCUT2D eigenvalue weighted by Crippen LogP contribution is -2.11. The molecule has 0 spiro atoms. The minimum Gasteiger partial charge on any atom is -0.496 e. The molecule has 0 amide bonds. The molecule has 3 rings (SSSR count). The Morgan fingerprint density at radius 2 is 1.72 bits per heavy atom. The lowest BCUT2D eigenvalue weighted by atomic mass is 9.96. The van der Waals surface area contributed by atoms with Crippen molar-refractivity contribution in [2.75, 3.05) is 13.7 Å². The van der Waals surface area contributed by atoms with Crippen molar-refractivity contribution >= 4 is 0 Å². The number of nitrogens with two attached hydrogens (primary N) is 1. The van der Waals surface area contributed by atoms with E-state index in [4.69, 9.17) is 10.5 Å². The molecule has 0 radical (unpaired) electrons. The Balaban J connectivity index is 2.37. The molecular weight excluding hydrogens is 222 g/mol. The maximum atomic E-state index is 5.96. The van der Waals surface area contributed by atoms with E-state index in [9.17, 15) is 0 Å². The number of fused-ring (bicyclic) bond motifs is 3. The van der Waals surface area contributed by atoms with Crippen molar-refractivity contribution in [3.63, 3.8) is 0 Å². The summed E-state index contributed by atoms with van der Waals surface area (Å²) in [4.78, 5) is 0. The maximum absolute atomic E-state index is 5.96. The van der Waals surface area contributed by atoms with Crippen molar-refractivity contribution in [3.05, 3.63) is 53.1 Å². The molecule has 2 aromatic carbocycles. The van der Waals surface area contributed by atoms with Crippen LogP contribution >= 0.6 is 0 Å². The third-order valence-electron chi connectivity index (χ3n) is 3.82. The Morgan fingerprint density at radius 1 is 1.06 bits per heavy atom. The van der Waals surface area contributed by atoms with Crippen LogP contribution in [0, 0.1) is 6.92 Å². The monoisotopic (exact) mass is 239 g/mol. The van der Waals surface area contributed by atoms with Crippen molar-refractivity contribution in [3.8, 4) is 16.9 Å². The number of rotatable bonds is 2. The van der Waals surface area contributed by atoms with Gasteiger partial charge in [-0.05, 0) is 35.2 Å². The second-order valence-electron chi connectivity index (χ2n) is 4.75. The van der Waals surface area contributed by atoms with Crippen LogP contribution in [-0.4, -0.2) is 13.7 Å². The molecular formula is C16H17NO. The summed E-state index contributed by atoms with van der Waals surface area (Å²) in [5.41, 5.74) is 12.4. The molecule has 0 aliphatic heterocycles. The average molecular weight is 239 g/mol. The Labute approximate surface area is 107 Å². The first-order valence-corrected chi connectivity index (χ1v) is 6.24. The second kappa shape index (κ2) is 4.14. The molecule has 0 fully saturated rings. The number of benzene rings is 2. The van der Waals surface area contributed by atoms with Gasteiger partial charge in [-0.15, -0.1) is 0 Å². The van der Waals surface area contributed by atoms with E-state index >= 15 is 0 Å². The quantitative estimate of drug-likeness (QED) is 0.874. The van der Waals surface area contributed by atoms with E-state index in [1.165, 1.54) is 27.8 Å². The van der Waals surface area contributed by atoms with Gasteiger partial charge in [0.15, 0.2) is 0 Å². The van der Waals surface area contributed by atoms with Crippen LogP contribution in [0.3, 0.4) is 0 Å². The predicted molar refractivity (Wildman–Crippen MR) is 74.1 cm³/mol. The highest BCUT2D eigenvalue weighted by molar-refractivity contribution is 5.85. The molecule has 2 aromatic rings. The van der Waals surface area contributed by atoms with E-state index in [-0.39, 0.29) is 0 Å². The molecule has 0 saturated carbocycles. The number of methoxy groups -OCH3 is 1. The molecule has 2 N–H and O–H groups in total. The van der Waals surface area contributed by atoms with Gasteiger partial charge in [0, 0.05) is 18.0 Å². The van der Waals surface area contributed by atoms with Gasteiger partial charge in [0.1, 0.15) is 5.75 Å². The van der Waals surface area contributed by atoms with Crippen LogP contribution in [0.5, 0.6) is 5.75 Å². The zero-order chi connectivity index (χ0) is 12.7. The number of hydrogen-bond donors (Lipinski definition) is 1. The summed E-state index contributed by atoms with van der Waals surface area (Å²) in [6.45, 7) is 2.78. The highest BCUT2D eigenvalue weighted by Gasteiger charge is 2.30. The topological polar surface area (TPSA) is 35.2 Å². The van der Waals surface area contributed by atoms with Gasteiger partial charge in [0.05, 0.1) is 7.11 Å². The average Bonchev–Trinajstić information content (AvgIpc) is 2.73. The van der Waals surface area contributed by atoms with E-state index in [0.29, 0.717) is 12.5 Å². The van der Waals surface area contributed by atoms with Gasteiger partial charge < -0.3 is 10.5 Å². The zero-order valence-electron chi connectivity index (χ0n) is 10.7. The smallest absolute Gasteiger partial charge is 0.127 e. The van der Waals surface area contributed by atoms with Crippen LogP contribution < -0.4 is 10.5 Å². The van der Waals surface area contributed by atoms with Gasteiger partial charge in [0.25, 0.3) is 0 Å². The van der Waals surface area contributed by atoms with Gasteiger partial charge in [-0.3, -0.25) is 0 Å². The normalized spacial score (nSPS) is 16.3. The van der Waals surface area contributed by atoms with E-state index in [1.54, 1.807) is 7.11 Å². The fourth-order valence-corrected chi connectivity index (χ4v) is 3.02. The van der Waals surface area contributed by atoms with E-state index in [0.717, 1.165) is 5.75 Å². The fourth-order valence-electron chi connectivity index (χ4n) is 3.02. The SMILES string of the molecule is COc1cccc2c1-c1c(C)cccc1C2CN. The van der Waals surface area contributed by atoms with Crippen LogP contribution in [-0.2, 0) is 0 Å². The molecule has 92 valence electrons. The molecule has 1 unspecified atom stereocenters. The summed E-state index contributed by atoms with van der Waals surface area (Å²) < 4.78 is 5.52. The first kappa shape index (κ1) is 11.3. The highest BCUT2D eigenvalue weighted by Crippen LogP contribution is 2.49. The first-order valence-electron chi connectivity index (χ1n) is 6.24. The Kier molecular flexibility index (Phi) is 2.60.